The van der Waals surface area contributed by atoms with Crippen LogP contribution in [-0.2, 0) is 6.18 Å². The van der Waals surface area contributed by atoms with Crippen molar-refractivity contribution in [2.24, 2.45) is 0 Å². The van der Waals surface area contributed by atoms with Crippen LogP contribution in [-0.4, -0.2) is 15.0 Å². The van der Waals surface area contributed by atoms with E-state index in [1.54, 1.807) is 12.1 Å². The second-order valence-electron chi connectivity index (χ2n) is 4.93. The van der Waals surface area contributed by atoms with Crippen molar-refractivity contribution in [3.05, 3.63) is 83.5 Å². The molecule has 1 aromatic carbocycles. The second kappa shape index (κ2) is 5.83. The van der Waals surface area contributed by atoms with Gasteiger partial charge < -0.3 is 4.98 Å². The van der Waals surface area contributed by atoms with E-state index >= 15 is 0 Å². The number of alkyl halides is 3. The third-order valence-electron chi connectivity index (χ3n) is 3.49. The van der Waals surface area contributed by atoms with Crippen molar-refractivity contribution in [3.63, 3.8) is 0 Å². The molecule has 3 aromatic rings. The van der Waals surface area contributed by atoms with Crippen LogP contribution in [0.3, 0.4) is 0 Å². The summed E-state index contributed by atoms with van der Waals surface area (Å²) in [5.41, 5.74) is -0.327. The van der Waals surface area contributed by atoms with Gasteiger partial charge in [0.2, 0.25) is 0 Å². The largest absolute Gasteiger partial charge is 0.419 e. The highest BCUT2D eigenvalue weighted by molar-refractivity contribution is 5.42. The van der Waals surface area contributed by atoms with Crippen LogP contribution in [0.1, 0.15) is 28.3 Å². The molecule has 118 valence electrons. The summed E-state index contributed by atoms with van der Waals surface area (Å²) >= 11 is 0. The first-order valence-electron chi connectivity index (χ1n) is 6.72. The van der Waals surface area contributed by atoms with Gasteiger partial charge in [0.25, 0.3) is 0 Å². The number of hydrogen-bond donors (Lipinski definition) is 1. The van der Waals surface area contributed by atoms with E-state index in [9.17, 15) is 17.6 Å². The number of benzene rings is 1. The number of imidazole rings is 1. The Labute approximate surface area is 129 Å². The summed E-state index contributed by atoms with van der Waals surface area (Å²) in [6.07, 6.45) is 1.12. The first-order chi connectivity index (χ1) is 11.0. The number of H-pyrrole nitrogens is 1. The number of nitrogens with zero attached hydrogens (tertiary/aromatic N) is 2. The van der Waals surface area contributed by atoms with Crippen LogP contribution < -0.4 is 0 Å². The minimum atomic E-state index is -4.76. The van der Waals surface area contributed by atoms with Gasteiger partial charge in [-0.2, -0.15) is 13.2 Å². The molecule has 2 heterocycles. The molecule has 0 saturated heterocycles. The number of pyridine rings is 1. The van der Waals surface area contributed by atoms with Gasteiger partial charge in [-0.05, 0) is 17.7 Å². The first kappa shape index (κ1) is 15.2. The molecule has 0 aliphatic carbocycles. The van der Waals surface area contributed by atoms with Crippen molar-refractivity contribution >= 4 is 0 Å². The van der Waals surface area contributed by atoms with Crippen molar-refractivity contribution in [1.29, 1.82) is 0 Å². The van der Waals surface area contributed by atoms with Gasteiger partial charge in [-0.15, -0.1) is 0 Å². The van der Waals surface area contributed by atoms with Crippen LogP contribution in [0, 0.1) is 5.82 Å². The van der Waals surface area contributed by atoms with Gasteiger partial charge in [-0.3, -0.25) is 4.98 Å². The maximum Gasteiger partial charge on any atom is 0.419 e. The molecule has 1 N–H and O–H groups in total. The molecule has 23 heavy (non-hydrogen) atoms. The van der Waals surface area contributed by atoms with Gasteiger partial charge in [0.05, 0.1) is 17.8 Å². The third-order valence-corrected chi connectivity index (χ3v) is 3.49. The molecule has 0 saturated carbocycles. The van der Waals surface area contributed by atoms with Gasteiger partial charge in [0, 0.05) is 29.8 Å². The Morgan fingerprint density at radius 1 is 1.00 bits per heavy atom. The Kier molecular flexibility index (Phi) is 3.85. The predicted octanol–water partition coefficient (Wildman–Crippen LogP) is 4.14. The van der Waals surface area contributed by atoms with Crippen LogP contribution in [0.4, 0.5) is 17.6 Å². The lowest BCUT2D eigenvalue weighted by molar-refractivity contribution is -0.140. The number of aromatic amines is 1. The fourth-order valence-corrected chi connectivity index (χ4v) is 2.49. The summed E-state index contributed by atoms with van der Waals surface area (Å²) in [6, 6.07) is 6.58. The molecule has 7 heteroatoms. The van der Waals surface area contributed by atoms with E-state index in [-0.39, 0.29) is 5.56 Å². The van der Waals surface area contributed by atoms with Crippen LogP contribution in [0.5, 0.6) is 0 Å². The van der Waals surface area contributed by atoms with Gasteiger partial charge >= 0.3 is 6.18 Å². The lowest BCUT2D eigenvalue weighted by atomic mass is 9.88. The fourth-order valence-electron chi connectivity index (χ4n) is 2.49. The van der Waals surface area contributed by atoms with Crippen molar-refractivity contribution in [1.82, 2.24) is 15.0 Å². The molecule has 0 bridgehead atoms. The molecule has 3 nitrogen and oxygen atoms in total. The van der Waals surface area contributed by atoms with Gasteiger partial charge in [-0.1, -0.05) is 18.2 Å². The molecule has 0 aliphatic heterocycles. The summed E-state index contributed by atoms with van der Waals surface area (Å²) in [6.45, 7) is 0. The summed E-state index contributed by atoms with van der Waals surface area (Å²) in [7, 11) is 0. The predicted molar refractivity (Wildman–Crippen MR) is 75.2 cm³/mol. The monoisotopic (exact) mass is 321 g/mol. The third kappa shape index (κ3) is 2.94. The molecular weight excluding hydrogens is 310 g/mol. The molecule has 0 spiro atoms. The van der Waals surface area contributed by atoms with Gasteiger partial charge in [0.1, 0.15) is 5.82 Å². The number of halogens is 4. The minimum Gasteiger partial charge on any atom is -0.348 e. The van der Waals surface area contributed by atoms with Gasteiger partial charge in [0.15, 0.2) is 0 Å². The molecule has 1 unspecified atom stereocenters. The number of nitrogens with one attached hydrogen (secondary N) is 1. The lowest BCUT2D eigenvalue weighted by Gasteiger charge is -2.19. The molecule has 2 aromatic heterocycles. The number of rotatable bonds is 3. The highest BCUT2D eigenvalue weighted by Crippen LogP contribution is 2.37. The van der Waals surface area contributed by atoms with Crippen molar-refractivity contribution in [2.45, 2.75) is 12.1 Å². The Morgan fingerprint density at radius 2 is 1.83 bits per heavy atom. The zero-order chi connectivity index (χ0) is 16.4. The molecule has 0 radical (unpaired) electrons. The molecular formula is C16H11F4N3. The van der Waals surface area contributed by atoms with Crippen LogP contribution in [0.25, 0.3) is 0 Å². The van der Waals surface area contributed by atoms with E-state index in [1.807, 2.05) is 0 Å². The Balaban J connectivity index is 2.20. The summed E-state index contributed by atoms with van der Waals surface area (Å²) < 4.78 is 53.4. The smallest absolute Gasteiger partial charge is 0.348 e. The standard InChI is InChI=1S/C16H11F4N3/c17-15-11(4-1-5-12(15)16(18,19)20)14(13-8-22-9-23-13)10-3-2-6-21-7-10/h1-9,14H,(H,22,23). The van der Waals surface area contributed by atoms with E-state index in [2.05, 4.69) is 15.0 Å². The molecule has 1 atom stereocenters. The normalized spacial score (nSPS) is 13.0. The quantitative estimate of drug-likeness (QED) is 0.737. The highest BCUT2D eigenvalue weighted by atomic mass is 19.4. The number of hydrogen-bond acceptors (Lipinski definition) is 2. The average Bonchev–Trinajstić information content (AvgIpc) is 3.03. The Hall–Kier alpha value is -2.70. The summed E-state index contributed by atoms with van der Waals surface area (Å²) in [5.74, 6) is -2.04. The van der Waals surface area contributed by atoms with E-state index < -0.39 is 23.5 Å². The van der Waals surface area contributed by atoms with Crippen molar-refractivity contribution in [3.8, 4) is 0 Å². The molecule has 0 aliphatic rings. The topological polar surface area (TPSA) is 41.6 Å². The second-order valence-corrected chi connectivity index (χ2v) is 4.93. The van der Waals surface area contributed by atoms with Crippen LogP contribution >= 0.6 is 0 Å². The zero-order valence-corrected chi connectivity index (χ0v) is 11.7. The maximum atomic E-state index is 14.5. The number of aromatic nitrogens is 3. The van der Waals surface area contributed by atoms with E-state index in [4.69, 9.17) is 0 Å². The molecule has 0 fully saturated rings. The summed E-state index contributed by atoms with van der Waals surface area (Å²) in [5, 5.41) is 0. The minimum absolute atomic E-state index is 0.0860. The fraction of sp³-hybridized carbons (Fsp3) is 0.125. The maximum absolute atomic E-state index is 14.5. The SMILES string of the molecule is Fc1c(C(c2cccnc2)c2cnc[nH]2)cccc1C(F)(F)F. The lowest BCUT2D eigenvalue weighted by Crippen LogP contribution is -2.13. The van der Waals surface area contributed by atoms with E-state index in [1.165, 1.54) is 37.1 Å². The molecule has 0 amide bonds. The summed E-state index contributed by atoms with van der Waals surface area (Å²) in [4.78, 5) is 10.7. The van der Waals surface area contributed by atoms with E-state index in [0.717, 1.165) is 6.07 Å². The van der Waals surface area contributed by atoms with Crippen molar-refractivity contribution < 1.29 is 17.6 Å². The zero-order valence-electron chi connectivity index (χ0n) is 11.7. The Bertz CT molecular complexity index is 783. The van der Waals surface area contributed by atoms with Crippen LogP contribution in [0.2, 0.25) is 0 Å². The van der Waals surface area contributed by atoms with E-state index in [0.29, 0.717) is 11.3 Å². The average molecular weight is 321 g/mol. The molecule has 3 rings (SSSR count). The van der Waals surface area contributed by atoms with Gasteiger partial charge in [-0.25, -0.2) is 9.37 Å². The Morgan fingerprint density at radius 3 is 2.43 bits per heavy atom. The van der Waals surface area contributed by atoms with Crippen molar-refractivity contribution in [2.75, 3.05) is 0 Å². The first-order valence-corrected chi connectivity index (χ1v) is 6.72. The highest BCUT2D eigenvalue weighted by Gasteiger charge is 2.36. The van der Waals surface area contributed by atoms with Crippen LogP contribution in [0.15, 0.2) is 55.2 Å².